The van der Waals surface area contributed by atoms with Crippen LogP contribution in [0.2, 0.25) is 0 Å². The minimum Gasteiger partial charge on any atom is -0.339 e. The van der Waals surface area contributed by atoms with Crippen LogP contribution in [0.3, 0.4) is 0 Å². The monoisotopic (exact) mass is 337 g/mol. The van der Waals surface area contributed by atoms with E-state index < -0.39 is 0 Å². The summed E-state index contributed by atoms with van der Waals surface area (Å²) >= 11 is 0. The van der Waals surface area contributed by atoms with Gasteiger partial charge in [0.2, 0.25) is 5.91 Å². The number of aromatic nitrogens is 1. The Balaban J connectivity index is 1.45. The molecular formula is C20H23N3O2. The van der Waals surface area contributed by atoms with E-state index in [1.165, 1.54) is 12.8 Å². The van der Waals surface area contributed by atoms with Crippen molar-refractivity contribution >= 4 is 22.7 Å². The second kappa shape index (κ2) is 6.82. The highest BCUT2D eigenvalue weighted by Crippen LogP contribution is 2.27. The minimum absolute atomic E-state index is 0.0114. The largest absolute Gasteiger partial charge is 0.339 e. The first-order valence-corrected chi connectivity index (χ1v) is 9.16. The van der Waals surface area contributed by atoms with Crippen molar-refractivity contribution in [2.75, 3.05) is 26.2 Å². The normalized spacial score (nSPS) is 18.7. The lowest BCUT2D eigenvalue weighted by Gasteiger charge is -2.36. The molecule has 5 heteroatoms. The number of carbonyl (C=O) groups is 2. The molecule has 130 valence electrons. The van der Waals surface area contributed by atoms with Crippen molar-refractivity contribution in [1.29, 1.82) is 0 Å². The summed E-state index contributed by atoms with van der Waals surface area (Å²) in [7, 11) is 0. The molecular weight excluding hydrogens is 314 g/mol. The predicted octanol–water partition coefficient (Wildman–Crippen LogP) is 2.71. The summed E-state index contributed by atoms with van der Waals surface area (Å²) in [6.45, 7) is 2.47. The Morgan fingerprint density at radius 1 is 0.920 bits per heavy atom. The Morgan fingerprint density at radius 3 is 2.36 bits per heavy atom. The number of benzene rings is 1. The fourth-order valence-corrected chi connectivity index (χ4v) is 4.01. The second-order valence-corrected chi connectivity index (χ2v) is 6.98. The van der Waals surface area contributed by atoms with E-state index in [1.54, 1.807) is 6.20 Å². The predicted molar refractivity (Wildman–Crippen MR) is 96.2 cm³/mol. The van der Waals surface area contributed by atoms with Crippen LogP contribution in [0.1, 0.15) is 36.0 Å². The van der Waals surface area contributed by atoms with Crippen LogP contribution in [0.25, 0.3) is 10.9 Å². The molecule has 5 nitrogen and oxygen atoms in total. The Kier molecular flexibility index (Phi) is 4.38. The summed E-state index contributed by atoms with van der Waals surface area (Å²) in [5, 5.41) is 0.975. The number of fused-ring (bicyclic) bond motifs is 1. The third kappa shape index (κ3) is 3.11. The van der Waals surface area contributed by atoms with Gasteiger partial charge in [0.15, 0.2) is 0 Å². The van der Waals surface area contributed by atoms with E-state index in [9.17, 15) is 9.59 Å². The highest BCUT2D eigenvalue weighted by Gasteiger charge is 2.31. The van der Waals surface area contributed by atoms with Gasteiger partial charge in [-0.15, -0.1) is 0 Å². The molecule has 0 bridgehead atoms. The quantitative estimate of drug-likeness (QED) is 0.847. The van der Waals surface area contributed by atoms with Gasteiger partial charge in [-0.25, -0.2) is 0 Å². The van der Waals surface area contributed by atoms with Crippen LogP contribution < -0.4 is 0 Å². The zero-order chi connectivity index (χ0) is 17.2. The van der Waals surface area contributed by atoms with Gasteiger partial charge in [-0.3, -0.25) is 14.6 Å². The molecule has 25 heavy (non-hydrogen) atoms. The minimum atomic E-state index is 0.0114. The first-order valence-electron chi connectivity index (χ1n) is 9.16. The number of carbonyl (C=O) groups excluding carboxylic acids is 2. The molecule has 2 aromatic rings. The average molecular weight is 337 g/mol. The Morgan fingerprint density at radius 2 is 1.60 bits per heavy atom. The molecule has 1 aliphatic heterocycles. The van der Waals surface area contributed by atoms with Gasteiger partial charge in [0, 0.05) is 43.7 Å². The van der Waals surface area contributed by atoms with Crippen molar-refractivity contribution in [2.45, 2.75) is 25.7 Å². The molecule has 4 rings (SSSR count). The van der Waals surface area contributed by atoms with Gasteiger partial charge in [-0.2, -0.15) is 0 Å². The summed E-state index contributed by atoms with van der Waals surface area (Å²) in [5.74, 6) is 0.512. The van der Waals surface area contributed by atoms with Gasteiger partial charge in [0.05, 0.1) is 11.1 Å². The molecule has 2 amide bonds. The molecule has 0 spiro atoms. The highest BCUT2D eigenvalue weighted by atomic mass is 16.2. The van der Waals surface area contributed by atoms with Gasteiger partial charge < -0.3 is 9.80 Å². The molecule has 2 aliphatic rings. The van der Waals surface area contributed by atoms with E-state index in [0.717, 1.165) is 23.7 Å². The number of rotatable bonds is 2. The molecule has 0 radical (unpaired) electrons. The molecule has 2 fully saturated rings. The van der Waals surface area contributed by atoms with Gasteiger partial charge >= 0.3 is 0 Å². The summed E-state index contributed by atoms with van der Waals surface area (Å²) in [6, 6.07) is 9.56. The van der Waals surface area contributed by atoms with Crippen molar-refractivity contribution in [2.24, 2.45) is 5.92 Å². The molecule has 1 saturated heterocycles. The van der Waals surface area contributed by atoms with Crippen molar-refractivity contribution in [3.63, 3.8) is 0 Å². The van der Waals surface area contributed by atoms with Gasteiger partial charge in [-0.1, -0.05) is 31.0 Å². The van der Waals surface area contributed by atoms with Crippen LogP contribution in [-0.4, -0.2) is 52.8 Å². The topological polar surface area (TPSA) is 53.5 Å². The van der Waals surface area contributed by atoms with E-state index >= 15 is 0 Å². The van der Waals surface area contributed by atoms with Gasteiger partial charge in [-0.05, 0) is 25.0 Å². The van der Waals surface area contributed by atoms with Crippen LogP contribution in [0.5, 0.6) is 0 Å². The molecule has 0 atom stereocenters. The average Bonchev–Trinajstić information content (AvgIpc) is 3.21. The Hall–Kier alpha value is -2.43. The van der Waals surface area contributed by atoms with Gasteiger partial charge in [0.1, 0.15) is 0 Å². The zero-order valence-electron chi connectivity index (χ0n) is 14.4. The standard InChI is InChI=1S/C20H23N3O2/c24-19(16-5-1-2-6-16)22-11-13-23(14-12-22)20(25)17-9-3-7-15-8-4-10-21-18(15)17/h3-4,7-10,16H,1-2,5-6,11-14H2. The van der Waals surface area contributed by atoms with Crippen LogP contribution >= 0.6 is 0 Å². The molecule has 1 aromatic carbocycles. The summed E-state index contributed by atoms with van der Waals surface area (Å²) in [6.07, 6.45) is 6.11. The first-order chi connectivity index (χ1) is 12.2. The molecule has 2 heterocycles. The zero-order valence-corrected chi connectivity index (χ0v) is 14.4. The number of hydrogen-bond donors (Lipinski definition) is 0. The van der Waals surface area contributed by atoms with Crippen LogP contribution in [0.4, 0.5) is 0 Å². The summed E-state index contributed by atoms with van der Waals surface area (Å²) in [4.78, 5) is 33.6. The number of pyridine rings is 1. The molecule has 0 N–H and O–H groups in total. The SMILES string of the molecule is O=C(c1cccc2cccnc12)N1CCN(C(=O)C2CCCC2)CC1. The summed E-state index contributed by atoms with van der Waals surface area (Å²) < 4.78 is 0. The lowest BCUT2D eigenvalue weighted by Crippen LogP contribution is -2.51. The van der Waals surface area contributed by atoms with Crippen molar-refractivity contribution in [1.82, 2.24) is 14.8 Å². The van der Waals surface area contributed by atoms with E-state index in [-0.39, 0.29) is 17.7 Å². The van der Waals surface area contributed by atoms with E-state index in [4.69, 9.17) is 0 Å². The first kappa shape index (κ1) is 16.1. The maximum Gasteiger partial charge on any atom is 0.256 e. The lowest BCUT2D eigenvalue weighted by atomic mass is 10.1. The number of para-hydroxylation sites is 1. The molecule has 1 aliphatic carbocycles. The molecule has 1 saturated carbocycles. The maximum atomic E-state index is 12.9. The van der Waals surface area contributed by atoms with Crippen LogP contribution in [-0.2, 0) is 4.79 Å². The van der Waals surface area contributed by atoms with Crippen LogP contribution in [0.15, 0.2) is 36.5 Å². The van der Waals surface area contributed by atoms with Gasteiger partial charge in [0.25, 0.3) is 5.91 Å². The number of nitrogens with zero attached hydrogens (tertiary/aromatic N) is 3. The molecule has 0 unspecified atom stereocenters. The third-order valence-corrected chi connectivity index (χ3v) is 5.45. The van der Waals surface area contributed by atoms with Crippen molar-refractivity contribution in [3.8, 4) is 0 Å². The highest BCUT2D eigenvalue weighted by molar-refractivity contribution is 6.05. The maximum absolute atomic E-state index is 12.9. The number of amides is 2. The summed E-state index contributed by atoms with van der Waals surface area (Å²) in [5.41, 5.74) is 1.40. The fourth-order valence-electron chi connectivity index (χ4n) is 4.01. The fraction of sp³-hybridized carbons (Fsp3) is 0.450. The van der Waals surface area contributed by atoms with Crippen LogP contribution in [0, 0.1) is 5.92 Å². The number of hydrogen-bond acceptors (Lipinski definition) is 3. The van der Waals surface area contributed by atoms with E-state index in [1.807, 2.05) is 40.1 Å². The lowest BCUT2D eigenvalue weighted by molar-refractivity contribution is -0.136. The second-order valence-electron chi connectivity index (χ2n) is 6.98. The number of piperazine rings is 1. The molecule has 1 aromatic heterocycles. The third-order valence-electron chi connectivity index (χ3n) is 5.45. The van der Waals surface area contributed by atoms with E-state index in [2.05, 4.69) is 4.98 Å². The Bertz CT molecular complexity index is 785. The van der Waals surface area contributed by atoms with E-state index in [0.29, 0.717) is 31.7 Å². The Labute approximate surface area is 147 Å². The smallest absolute Gasteiger partial charge is 0.256 e. The van der Waals surface area contributed by atoms with Crippen molar-refractivity contribution < 1.29 is 9.59 Å². The van der Waals surface area contributed by atoms with Crippen molar-refractivity contribution in [3.05, 3.63) is 42.1 Å².